The van der Waals surface area contributed by atoms with Crippen LogP contribution < -0.4 is 16.0 Å². The molecule has 0 fully saturated rings. The molecular formula is C16H15ClFN3O2. The number of carbonyl (C=O) groups is 2. The summed E-state index contributed by atoms with van der Waals surface area (Å²) < 4.78 is 13.7. The second-order valence-corrected chi connectivity index (χ2v) is 5.16. The summed E-state index contributed by atoms with van der Waals surface area (Å²) in [5, 5.41) is 8.27. The number of para-hydroxylation sites is 1. The molecule has 0 saturated carbocycles. The summed E-state index contributed by atoms with van der Waals surface area (Å²) in [4.78, 5) is 22.9. The first-order valence-electron chi connectivity index (χ1n) is 6.81. The van der Waals surface area contributed by atoms with E-state index in [9.17, 15) is 14.0 Å². The number of anilines is 3. The van der Waals surface area contributed by atoms with Gasteiger partial charge in [-0.25, -0.2) is 4.39 Å². The molecule has 0 saturated heterocycles. The Kier molecular flexibility index (Phi) is 5.54. The molecule has 0 aliphatic carbocycles. The van der Waals surface area contributed by atoms with E-state index >= 15 is 0 Å². The van der Waals surface area contributed by atoms with Crippen LogP contribution in [0.1, 0.15) is 6.92 Å². The van der Waals surface area contributed by atoms with Gasteiger partial charge in [0.1, 0.15) is 5.82 Å². The van der Waals surface area contributed by atoms with Gasteiger partial charge in [-0.2, -0.15) is 0 Å². The molecule has 0 radical (unpaired) electrons. The third-order valence-corrected chi connectivity index (χ3v) is 3.20. The first-order valence-corrected chi connectivity index (χ1v) is 7.19. The summed E-state index contributed by atoms with van der Waals surface area (Å²) in [7, 11) is 0. The fourth-order valence-electron chi connectivity index (χ4n) is 1.87. The number of hydrogen-bond donors (Lipinski definition) is 3. The van der Waals surface area contributed by atoms with E-state index in [-0.39, 0.29) is 24.0 Å². The Morgan fingerprint density at radius 3 is 2.52 bits per heavy atom. The van der Waals surface area contributed by atoms with Crippen molar-refractivity contribution in [3.8, 4) is 0 Å². The van der Waals surface area contributed by atoms with E-state index < -0.39 is 5.82 Å². The predicted molar refractivity (Wildman–Crippen MR) is 89.3 cm³/mol. The van der Waals surface area contributed by atoms with Crippen LogP contribution in [0.2, 0.25) is 5.02 Å². The Bertz CT molecular complexity index is 737. The molecule has 2 amide bonds. The average Bonchev–Trinajstić information content (AvgIpc) is 2.49. The molecule has 2 aromatic rings. The lowest BCUT2D eigenvalue weighted by Gasteiger charge is -2.11. The highest BCUT2D eigenvalue weighted by Crippen LogP contribution is 2.21. The average molecular weight is 336 g/mol. The molecule has 0 heterocycles. The lowest BCUT2D eigenvalue weighted by Crippen LogP contribution is -2.22. The quantitative estimate of drug-likeness (QED) is 0.783. The van der Waals surface area contributed by atoms with Gasteiger partial charge in [-0.15, -0.1) is 0 Å². The number of amides is 2. The number of carbonyl (C=O) groups excluding carboxylic acids is 2. The minimum atomic E-state index is -0.523. The Morgan fingerprint density at radius 2 is 1.83 bits per heavy atom. The van der Waals surface area contributed by atoms with Crippen LogP contribution >= 0.6 is 11.6 Å². The number of rotatable bonds is 5. The van der Waals surface area contributed by atoms with Crippen molar-refractivity contribution in [2.24, 2.45) is 0 Å². The van der Waals surface area contributed by atoms with E-state index in [2.05, 4.69) is 16.0 Å². The molecule has 0 bridgehead atoms. The molecule has 0 unspecified atom stereocenters. The molecule has 120 valence electrons. The van der Waals surface area contributed by atoms with Crippen molar-refractivity contribution in [1.82, 2.24) is 0 Å². The van der Waals surface area contributed by atoms with Gasteiger partial charge in [0.05, 0.1) is 22.9 Å². The van der Waals surface area contributed by atoms with Gasteiger partial charge in [-0.3, -0.25) is 9.59 Å². The lowest BCUT2D eigenvalue weighted by molar-refractivity contribution is -0.115. The molecule has 0 atom stereocenters. The minimum Gasteiger partial charge on any atom is -0.374 e. The third kappa shape index (κ3) is 4.96. The van der Waals surface area contributed by atoms with Crippen molar-refractivity contribution < 1.29 is 14.0 Å². The number of halogens is 2. The summed E-state index contributed by atoms with van der Waals surface area (Å²) >= 11 is 5.94. The van der Waals surface area contributed by atoms with Crippen LogP contribution in [-0.4, -0.2) is 18.4 Å². The zero-order valence-electron chi connectivity index (χ0n) is 12.3. The second-order valence-electron chi connectivity index (χ2n) is 4.76. The first-order chi connectivity index (χ1) is 11.0. The fourth-order valence-corrected chi connectivity index (χ4v) is 2.06. The van der Waals surface area contributed by atoms with Crippen molar-refractivity contribution in [3.63, 3.8) is 0 Å². The molecule has 7 heteroatoms. The SMILES string of the molecule is CC(=O)Nc1ccc(F)c(NCC(=O)Nc2ccccc2Cl)c1. The lowest BCUT2D eigenvalue weighted by atomic mass is 10.2. The number of benzene rings is 2. The molecular weight excluding hydrogens is 321 g/mol. The highest BCUT2D eigenvalue weighted by atomic mass is 35.5. The normalized spacial score (nSPS) is 10.0. The zero-order chi connectivity index (χ0) is 16.8. The highest BCUT2D eigenvalue weighted by molar-refractivity contribution is 6.33. The van der Waals surface area contributed by atoms with Crippen LogP contribution in [0.3, 0.4) is 0 Å². The van der Waals surface area contributed by atoms with Crippen LogP contribution in [0.15, 0.2) is 42.5 Å². The summed E-state index contributed by atoms with van der Waals surface area (Å²) in [6, 6.07) is 10.9. The smallest absolute Gasteiger partial charge is 0.243 e. The summed E-state index contributed by atoms with van der Waals surface area (Å²) in [5.74, 6) is -1.16. The van der Waals surface area contributed by atoms with Crippen LogP contribution in [0.5, 0.6) is 0 Å². The van der Waals surface area contributed by atoms with Crippen molar-refractivity contribution in [3.05, 3.63) is 53.3 Å². The van der Waals surface area contributed by atoms with Crippen molar-refractivity contribution >= 4 is 40.5 Å². The minimum absolute atomic E-state index is 0.116. The number of hydrogen-bond acceptors (Lipinski definition) is 3. The summed E-state index contributed by atoms with van der Waals surface area (Å²) in [5.41, 5.74) is 1.03. The highest BCUT2D eigenvalue weighted by Gasteiger charge is 2.08. The molecule has 0 spiro atoms. The Labute approximate surface area is 137 Å². The van der Waals surface area contributed by atoms with Crippen LogP contribution in [-0.2, 0) is 9.59 Å². The van der Waals surface area contributed by atoms with E-state index in [1.807, 2.05) is 0 Å². The van der Waals surface area contributed by atoms with Crippen LogP contribution in [0.4, 0.5) is 21.5 Å². The Morgan fingerprint density at radius 1 is 1.09 bits per heavy atom. The Balaban J connectivity index is 1.98. The van der Waals surface area contributed by atoms with Crippen LogP contribution in [0, 0.1) is 5.82 Å². The molecule has 0 aliphatic rings. The largest absolute Gasteiger partial charge is 0.374 e. The first kappa shape index (κ1) is 16.8. The van der Waals surface area contributed by atoms with Crippen molar-refractivity contribution in [1.29, 1.82) is 0 Å². The van der Waals surface area contributed by atoms with Gasteiger partial charge < -0.3 is 16.0 Å². The summed E-state index contributed by atoms with van der Waals surface area (Å²) in [6.45, 7) is 1.21. The van der Waals surface area contributed by atoms with Crippen molar-refractivity contribution in [2.75, 3.05) is 22.5 Å². The van der Waals surface area contributed by atoms with Gasteiger partial charge in [-0.1, -0.05) is 23.7 Å². The molecule has 5 nitrogen and oxygen atoms in total. The third-order valence-electron chi connectivity index (χ3n) is 2.87. The maximum Gasteiger partial charge on any atom is 0.243 e. The van der Waals surface area contributed by atoms with E-state index in [1.165, 1.54) is 25.1 Å². The maximum atomic E-state index is 13.7. The zero-order valence-corrected chi connectivity index (χ0v) is 13.1. The van der Waals surface area contributed by atoms with Gasteiger partial charge in [0.15, 0.2) is 0 Å². The molecule has 0 aromatic heterocycles. The predicted octanol–water partition coefficient (Wildman–Crippen LogP) is 3.49. The van der Waals surface area contributed by atoms with Gasteiger partial charge in [0, 0.05) is 12.6 Å². The van der Waals surface area contributed by atoms with Gasteiger partial charge in [0.25, 0.3) is 0 Å². The van der Waals surface area contributed by atoms with Gasteiger partial charge in [-0.05, 0) is 30.3 Å². The summed E-state index contributed by atoms with van der Waals surface area (Å²) in [6.07, 6.45) is 0. The standard InChI is InChI=1S/C16H15ClFN3O2/c1-10(22)20-11-6-7-13(18)15(8-11)19-9-16(23)21-14-5-3-2-4-12(14)17/h2-8,19H,9H2,1H3,(H,20,22)(H,21,23). The molecule has 2 rings (SSSR count). The Hall–Kier alpha value is -2.60. The van der Waals surface area contributed by atoms with Crippen LogP contribution in [0.25, 0.3) is 0 Å². The molecule has 3 N–H and O–H groups in total. The van der Waals surface area contributed by atoms with E-state index in [1.54, 1.807) is 24.3 Å². The molecule has 23 heavy (non-hydrogen) atoms. The molecule has 0 aliphatic heterocycles. The topological polar surface area (TPSA) is 70.2 Å². The van der Waals surface area contributed by atoms with E-state index in [4.69, 9.17) is 11.6 Å². The number of nitrogens with one attached hydrogen (secondary N) is 3. The van der Waals surface area contributed by atoms with E-state index in [0.29, 0.717) is 16.4 Å². The van der Waals surface area contributed by atoms with E-state index in [0.717, 1.165) is 0 Å². The molecule has 2 aromatic carbocycles. The van der Waals surface area contributed by atoms with Crippen molar-refractivity contribution in [2.45, 2.75) is 6.92 Å². The van der Waals surface area contributed by atoms with Gasteiger partial charge >= 0.3 is 0 Å². The van der Waals surface area contributed by atoms with Gasteiger partial charge in [0.2, 0.25) is 11.8 Å². The second kappa shape index (κ2) is 7.60. The maximum absolute atomic E-state index is 13.7. The fraction of sp³-hybridized carbons (Fsp3) is 0.125. The monoisotopic (exact) mass is 335 g/mol.